The van der Waals surface area contributed by atoms with Gasteiger partial charge < -0.3 is 15.8 Å². The van der Waals surface area contributed by atoms with E-state index < -0.39 is 17.4 Å². The van der Waals surface area contributed by atoms with Gasteiger partial charge in [0.2, 0.25) is 5.91 Å². The SMILES string of the molecule is COc1ccc(NC(=O)Cn2c(-c3ccccc3)ncc(C(N)=O)c2=O)cc1. The lowest BCUT2D eigenvalue weighted by molar-refractivity contribution is -0.116. The summed E-state index contributed by atoms with van der Waals surface area (Å²) in [5.74, 6) is -0.436. The molecule has 1 heterocycles. The third-order valence-electron chi connectivity index (χ3n) is 4.02. The quantitative estimate of drug-likeness (QED) is 0.677. The van der Waals surface area contributed by atoms with Gasteiger partial charge in [0.15, 0.2) is 0 Å². The van der Waals surface area contributed by atoms with Crippen molar-refractivity contribution in [3.63, 3.8) is 0 Å². The molecular formula is C20H18N4O4. The largest absolute Gasteiger partial charge is 0.497 e. The molecule has 3 N–H and O–H groups in total. The van der Waals surface area contributed by atoms with Crippen LogP contribution in [0.15, 0.2) is 65.6 Å². The number of hydrogen-bond acceptors (Lipinski definition) is 5. The second-order valence-electron chi connectivity index (χ2n) is 5.89. The van der Waals surface area contributed by atoms with Gasteiger partial charge in [0.1, 0.15) is 23.7 Å². The van der Waals surface area contributed by atoms with Crippen LogP contribution in [0.4, 0.5) is 5.69 Å². The number of nitrogens with one attached hydrogen (secondary N) is 1. The summed E-state index contributed by atoms with van der Waals surface area (Å²) in [5, 5.41) is 2.70. The zero-order valence-corrected chi connectivity index (χ0v) is 15.1. The van der Waals surface area contributed by atoms with Gasteiger partial charge in [-0.05, 0) is 24.3 Å². The molecule has 0 aliphatic carbocycles. The van der Waals surface area contributed by atoms with Crippen molar-refractivity contribution in [2.24, 2.45) is 5.73 Å². The summed E-state index contributed by atoms with van der Waals surface area (Å²) in [7, 11) is 1.55. The predicted octanol–water partition coefficient (Wildman–Crippen LogP) is 1.66. The van der Waals surface area contributed by atoms with Gasteiger partial charge in [0, 0.05) is 17.4 Å². The van der Waals surface area contributed by atoms with Crippen molar-refractivity contribution in [1.29, 1.82) is 0 Å². The number of ether oxygens (including phenoxy) is 1. The zero-order chi connectivity index (χ0) is 20.1. The van der Waals surface area contributed by atoms with Crippen LogP contribution in [0.3, 0.4) is 0 Å². The van der Waals surface area contributed by atoms with E-state index in [2.05, 4.69) is 10.3 Å². The molecule has 0 aliphatic rings. The van der Waals surface area contributed by atoms with Crippen LogP contribution in [0.25, 0.3) is 11.4 Å². The average molecular weight is 378 g/mol. The van der Waals surface area contributed by atoms with E-state index in [1.807, 2.05) is 6.07 Å². The molecule has 0 bridgehead atoms. The first kappa shape index (κ1) is 18.8. The number of anilines is 1. The third kappa shape index (κ3) is 4.07. The smallest absolute Gasteiger partial charge is 0.267 e. The Morgan fingerprint density at radius 2 is 1.79 bits per heavy atom. The highest BCUT2D eigenvalue weighted by atomic mass is 16.5. The number of nitrogens with two attached hydrogens (primary N) is 1. The fourth-order valence-electron chi connectivity index (χ4n) is 2.64. The van der Waals surface area contributed by atoms with Gasteiger partial charge in [-0.2, -0.15) is 0 Å². The third-order valence-corrected chi connectivity index (χ3v) is 4.02. The van der Waals surface area contributed by atoms with Crippen LogP contribution in [-0.2, 0) is 11.3 Å². The van der Waals surface area contributed by atoms with Gasteiger partial charge in [0.05, 0.1) is 7.11 Å². The molecule has 8 heteroatoms. The van der Waals surface area contributed by atoms with E-state index >= 15 is 0 Å². The molecule has 0 spiro atoms. The lowest BCUT2D eigenvalue weighted by Gasteiger charge is -2.13. The lowest BCUT2D eigenvalue weighted by Crippen LogP contribution is -2.34. The first-order valence-corrected chi connectivity index (χ1v) is 8.38. The van der Waals surface area contributed by atoms with Crippen molar-refractivity contribution >= 4 is 17.5 Å². The Balaban J connectivity index is 1.94. The molecule has 3 aromatic rings. The Kier molecular flexibility index (Phi) is 5.50. The maximum absolute atomic E-state index is 12.7. The zero-order valence-electron chi connectivity index (χ0n) is 15.1. The van der Waals surface area contributed by atoms with Gasteiger partial charge >= 0.3 is 0 Å². The Morgan fingerprint density at radius 3 is 2.39 bits per heavy atom. The fourth-order valence-corrected chi connectivity index (χ4v) is 2.64. The number of nitrogens with zero attached hydrogens (tertiary/aromatic N) is 2. The number of aromatic nitrogens is 2. The first-order chi connectivity index (χ1) is 13.5. The number of amides is 2. The summed E-state index contributed by atoms with van der Waals surface area (Å²) in [6.07, 6.45) is 1.13. The van der Waals surface area contributed by atoms with Crippen molar-refractivity contribution in [3.05, 3.63) is 76.7 Å². The van der Waals surface area contributed by atoms with E-state index in [1.165, 1.54) is 0 Å². The summed E-state index contributed by atoms with van der Waals surface area (Å²) >= 11 is 0. The minimum Gasteiger partial charge on any atom is -0.497 e. The predicted molar refractivity (Wildman–Crippen MR) is 104 cm³/mol. The second-order valence-corrected chi connectivity index (χ2v) is 5.89. The van der Waals surface area contributed by atoms with Crippen molar-refractivity contribution in [2.75, 3.05) is 12.4 Å². The molecule has 0 saturated carbocycles. The van der Waals surface area contributed by atoms with E-state index in [-0.39, 0.29) is 17.9 Å². The molecule has 0 fully saturated rings. The molecule has 1 aromatic heterocycles. The molecule has 0 radical (unpaired) electrons. The summed E-state index contributed by atoms with van der Waals surface area (Å²) in [6, 6.07) is 15.6. The fraction of sp³-hybridized carbons (Fsp3) is 0.100. The van der Waals surface area contributed by atoms with E-state index in [0.29, 0.717) is 17.0 Å². The summed E-state index contributed by atoms with van der Waals surface area (Å²) in [5.41, 5.74) is 5.47. The number of hydrogen-bond donors (Lipinski definition) is 2. The Hall–Kier alpha value is -3.94. The van der Waals surface area contributed by atoms with E-state index in [1.54, 1.807) is 55.6 Å². The number of rotatable bonds is 6. The number of carbonyl (C=O) groups excluding carboxylic acids is 2. The monoisotopic (exact) mass is 378 g/mol. The van der Waals surface area contributed by atoms with E-state index in [9.17, 15) is 14.4 Å². The molecule has 28 heavy (non-hydrogen) atoms. The summed E-state index contributed by atoms with van der Waals surface area (Å²) in [6.45, 7) is -0.330. The van der Waals surface area contributed by atoms with Gasteiger partial charge in [-0.25, -0.2) is 4.98 Å². The molecular weight excluding hydrogens is 360 g/mol. The van der Waals surface area contributed by atoms with Crippen molar-refractivity contribution in [2.45, 2.75) is 6.54 Å². The second kappa shape index (κ2) is 8.17. The van der Waals surface area contributed by atoms with E-state index in [0.717, 1.165) is 10.8 Å². The Morgan fingerprint density at radius 1 is 1.11 bits per heavy atom. The number of methoxy groups -OCH3 is 1. The highest BCUT2D eigenvalue weighted by Gasteiger charge is 2.17. The van der Waals surface area contributed by atoms with Gasteiger partial charge in [-0.15, -0.1) is 0 Å². The molecule has 3 rings (SSSR count). The van der Waals surface area contributed by atoms with Crippen LogP contribution < -0.4 is 21.3 Å². The molecule has 2 aromatic carbocycles. The Bertz CT molecular complexity index is 1060. The molecule has 0 atom stereocenters. The normalized spacial score (nSPS) is 10.3. The Labute approximate surface area is 160 Å². The maximum Gasteiger partial charge on any atom is 0.267 e. The highest BCUT2D eigenvalue weighted by molar-refractivity contribution is 5.93. The lowest BCUT2D eigenvalue weighted by atomic mass is 10.2. The topological polar surface area (TPSA) is 116 Å². The summed E-state index contributed by atoms with van der Waals surface area (Å²) < 4.78 is 6.21. The molecule has 0 unspecified atom stereocenters. The number of benzene rings is 2. The molecule has 8 nitrogen and oxygen atoms in total. The average Bonchev–Trinajstić information content (AvgIpc) is 2.70. The first-order valence-electron chi connectivity index (χ1n) is 8.38. The molecule has 0 aliphatic heterocycles. The van der Waals surface area contributed by atoms with Crippen molar-refractivity contribution < 1.29 is 14.3 Å². The highest BCUT2D eigenvalue weighted by Crippen LogP contribution is 2.17. The van der Waals surface area contributed by atoms with Gasteiger partial charge in [-0.3, -0.25) is 19.0 Å². The van der Waals surface area contributed by atoms with E-state index in [4.69, 9.17) is 10.5 Å². The van der Waals surface area contributed by atoms with Crippen molar-refractivity contribution in [3.8, 4) is 17.1 Å². The molecule has 2 amide bonds. The van der Waals surface area contributed by atoms with Crippen LogP contribution in [0.5, 0.6) is 5.75 Å². The van der Waals surface area contributed by atoms with Crippen molar-refractivity contribution in [1.82, 2.24) is 9.55 Å². The van der Waals surface area contributed by atoms with Gasteiger partial charge in [0.25, 0.3) is 11.5 Å². The van der Waals surface area contributed by atoms with Crippen LogP contribution >= 0.6 is 0 Å². The minimum absolute atomic E-state index is 0.264. The minimum atomic E-state index is -0.901. The summed E-state index contributed by atoms with van der Waals surface area (Å²) in [4.78, 5) is 40.9. The van der Waals surface area contributed by atoms with Crippen LogP contribution in [0, 0.1) is 0 Å². The van der Waals surface area contributed by atoms with Crippen LogP contribution in [0.1, 0.15) is 10.4 Å². The molecule has 0 saturated heterocycles. The maximum atomic E-state index is 12.7. The standard InChI is InChI=1S/C20H18N4O4/c1-28-15-9-7-14(8-10-15)23-17(25)12-24-19(13-5-3-2-4-6-13)22-11-16(18(21)26)20(24)27/h2-11H,12H2,1H3,(H2,21,26)(H,23,25). The molecule has 142 valence electrons. The van der Waals surface area contributed by atoms with Crippen LogP contribution in [-0.4, -0.2) is 28.5 Å². The number of carbonyl (C=O) groups is 2. The van der Waals surface area contributed by atoms with Gasteiger partial charge in [-0.1, -0.05) is 30.3 Å². The number of primary amides is 1. The van der Waals surface area contributed by atoms with Crippen LogP contribution in [0.2, 0.25) is 0 Å².